The molecule has 2 aromatic rings. The number of aromatic nitrogens is 1. The molecule has 1 aromatic carbocycles. The van der Waals surface area contributed by atoms with Crippen LogP contribution >= 0.6 is 0 Å². The third-order valence-corrected chi connectivity index (χ3v) is 4.41. The molecule has 7 heteroatoms. The van der Waals surface area contributed by atoms with Gasteiger partial charge in [-0.25, -0.2) is 18.1 Å². The van der Waals surface area contributed by atoms with Crippen LogP contribution in [0.3, 0.4) is 0 Å². The Morgan fingerprint density at radius 2 is 1.95 bits per heavy atom. The molecule has 0 bridgehead atoms. The maximum atomic E-state index is 11.9. The molecule has 0 atom stereocenters. The summed E-state index contributed by atoms with van der Waals surface area (Å²) in [5.74, 6) is 0.539. The number of nitrogens with one attached hydrogen (secondary N) is 2. The number of para-hydroxylation sites is 1. The second-order valence-corrected chi connectivity index (χ2v) is 6.12. The summed E-state index contributed by atoms with van der Waals surface area (Å²) in [6.07, 6.45) is 1.68. The van der Waals surface area contributed by atoms with E-state index in [0.717, 1.165) is 5.56 Å². The molecular weight excluding hydrogens is 290 g/mol. The minimum atomic E-state index is -3.49. The third-order valence-electron chi connectivity index (χ3n) is 2.94. The Balaban J connectivity index is 2.16. The van der Waals surface area contributed by atoms with E-state index in [4.69, 9.17) is 4.74 Å². The van der Waals surface area contributed by atoms with Gasteiger partial charge in [0.25, 0.3) is 0 Å². The van der Waals surface area contributed by atoms with Gasteiger partial charge in [-0.2, -0.15) is 0 Å². The molecule has 2 rings (SSSR count). The van der Waals surface area contributed by atoms with Crippen molar-refractivity contribution in [1.82, 2.24) is 9.71 Å². The van der Waals surface area contributed by atoms with E-state index >= 15 is 0 Å². The van der Waals surface area contributed by atoms with Crippen LogP contribution in [-0.2, 0) is 16.6 Å². The highest BCUT2D eigenvalue weighted by molar-refractivity contribution is 7.89. The van der Waals surface area contributed by atoms with Crippen LogP contribution in [0.2, 0.25) is 0 Å². The first kappa shape index (κ1) is 15.3. The predicted octanol–water partition coefficient (Wildman–Crippen LogP) is 1.61. The number of nitrogens with zero attached hydrogens (tertiary/aromatic N) is 1. The fourth-order valence-corrected chi connectivity index (χ4v) is 2.70. The molecule has 0 saturated heterocycles. The smallest absolute Gasteiger partial charge is 0.242 e. The van der Waals surface area contributed by atoms with Gasteiger partial charge in [-0.1, -0.05) is 18.2 Å². The number of methoxy groups -OCH3 is 1. The van der Waals surface area contributed by atoms with Crippen LogP contribution < -0.4 is 14.8 Å². The van der Waals surface area contributed by atoms with Gasteiger partial charge in [-0.15, -0.1) is 0 Å². The second-order valence-electron chi connectivity index (χ2n) is 4.27. The number of hydrogen-bond acceptors (Lipinski definition) is 5. The first-order valence-corrected chi connectivity index (χ1v) is 7.80. The van der Waals surface area contributed by atoms with Gasteiger partial charge in [0.05, 0.1) is 12.8 Å². The molecule has 21 heavy (non-hydrogen) atoms. The molecule has 2 N–H and O–H groups in total. The number of rotatable bonds is 6. The van der Waals surface area contributed by atoms with Crippen LogP contribution in [-0.4, -0.2) is 27.6 Å². The topological polar surface area (TPSA) is 80.3 Å². The van der Waals surface area contributed by atoms with Gasteiger partial charge in [0.2, 0.25) is 15.9 Å². The summed E-state index contributed by atoms with van der Waals surface area (Å²) in [6.45, 7) is 0.466. The number of hydrogen-bond donors (Lipinski definition) is 2. The lowest BCUT2D eigenvalue weighted by atomic mass is 10.2. The van der Waals surface area contributed by atoms with Crippen molar-refractivity contribution in [2.45, 2.75) is 11.4 Å². The van der Waals surface area contributed by atoms with E-state index < -0.39 is 10.0 Å². The third kappa shape index (κ3) is 3.71. The van der Waals surface area contributed by atoms with Crippen LogP contribution in [0.25, 0.3) is 0 Å². The van der Waals surface area contributed by atoms with Gasteiger partial charge in [0, 0.05) is 18.8 Å². The van der Waals surface area contributed by atoms with Crippen molar-refractivity contribution in [2.75, 3.05) is 19.5 Å². The monoisotopic (exact) mass is 307 g/mol. The van der Waals surface area contributed by atoms with E-state index in [9.17, 15) is 8.42 Å². The maximum Gasteiger partial charge on any atom is 0.242 e. The number of pyridine rings is 1. The molecule has 6 nitrogen and oxygen atoms in total. The zero-order valence-electron chi connectivity index (χ0n) is 11.8. The van der Waals surface area contributed by atoms with Crippen molar-refractivity contribution in [3.05, 3.63) is 48.2 Å². The summed E-state index contributed by atoms with van der Waals surface area (Å²) in [4.78, 5) is 4.32. The standard InChI is InChI=1S/C14H17N3O3S/c1-15-21(18,19)13-6-4-3-5-12(13)16-9-11-7-8-14(20-2)17-10-11/h3-8,10,15-16H,9H2,1-2H3. The molecule has 0 saturated carbocycles. The van der Waals surface area contributed by atoms with Crippen LogP contribution in [0.5, 0.6) is 5.88 Å². The first-order valence-electron chi connectivity index (χ1n) is 6.32. The fourth-order valence-electron chi connectivity index (χ4n) is 1.79. The number of anilines is 1. The molecule has 1 aromatic heterocycles. The molecular formula is C14H17N3O3S. The summed E-state index contributed by atoms with van der Waals surface area (Å²) in [5, 5.41) is 3.11. The Morgan fingerprint density at radius 1 is 1.19 bits per heavy atom. The lowest BCUT2D eigenvalue weighted by molar-refractivity contribution is 0.397. The number of benzene rings is 1. The molecule has 0 aliphatic heterocycles. The van der Waals surface area contributed by atoms with E-state index in [1.807, 2.05) is 6.07 Å². The summed E-state index contributed by atoms with van der Waals surface area (Å²) in [5.41, 5.74) is 1.47. The normalized spacial score (nSPS) is 11.1. The predicted molar refractivity (Wildman–Crippen MR) is 80.8 cm³/mol. The number of sulfonamides is 1. The average molecular weight is 307 g/mol. The number of ether oxygens (including phenoxy) is 1. The summed E-state index contributed by atoms with van der Waals surface area (Å²) >= 11 is 0. The van der Waals surface area contributed by atoms with Gasteiger partial charge in [-0.05, 0) is 24.7 Å². The first-order chi connectivity index (χ1) is 10.1. The highest BCUT2D eigenvalue weighted by Gasteiger charge is 2.15. The Morgan fingerprint density at radius 3 is 2.57 bits per heavy atom. The van der Waals surface area contributed by atoms with Crippen LogP contribution in [0, 0.1) is 0 Å². The van der Waals surface area contributed by atoms with Gasteiger partial charge in [-0.3, -0.25) is 0 Å². The minimum absolute atomic E-state index is 0.217. The molecule has 0 spiro atoms. The largest absolute Gasteiger partial charge is 0.481 e. The Labute approximate surface area is 124 Å². The fraction of sp³-hybridized carbons (Fsp3) is 0.214. The average Bonchev–Trinajstić information content (AvgIpc) is 2.53. The van der Waals surface area contributed by atoms with Crippen molar-refractivity contribution in [1.29, 1.82) is 0 Å². The lowest BCUT2D eigenvalue weighted by Crippen LogP contribution is -2.20. The SMILES string of the molecule is CNS(=O)(=O)c1ccccc1NCc1ccc(OC)nc1. The highest BCUT2D eigenvalue weighted by Crippen LogP contribution is 2.21. The molecule has 1 heterocycles. The van der Waals surface area contributed by atoms with Gasteiger partial charge in [0.1, 0.15) is 4.90 Å². The van der Waals surface area contributed by atoms with Gasteiger partial charge in [0.15, 0.2) is 0 Å². The van der Waals surface area contributed by atoms with Gasteiger partial charge >= 0.3 is 0 Å². The van der Waals surface area contributed by atoms with E-state index in [1.54, 1.807) is 43.6 Å². The molecule has 0 radical (unpaired) electrons. The quantitative estimate of drug-likeness (QED) is 0.847. The summed E-state index contributed by atoms with van der Waals surface area (Å²) < 4.78 is 31.2. The molecule has 0 aliphatic rings. The Hall–Kier alpha value is -2.12. The van der Waals surface area contributed by atoms with E-state index in [0.29, 0.717) is 18.1 Å². The van der Waals surface area contributed by atoms with Gasteiger partial charge < -0.3 is 10.1 Å². The molecule has 0 amide bonds. The Kier molecular flexibility index (Phi) is 4.77. The van der Waals surface area contributed by atoms with Crippen LogP contribution in [0.4, 0.5) is 5.69 Å². The molecule has 0 fully saturated rings. The van der Waals surface area contributed by atoms with Crippen molar-refractivity contribution >= 4 is 15.7 Å². The highest BCUT2D eigenvalue weighted by atomic mass is 32.2. The maximum absolute atomic E-state index is 11.9. The van der Waals surface area contributed by atoms with Crippen LogP contribution in [0.1, 0.15) is 5.56 Å². The molecule has 112 valence electrons. The van der Waals surface area contributed by atoms with E-state index in [1.165, 1.54) is 7.05 Å². The van der Waals surface area contributed by atoms with Crippen molar-refractivity contribution in [2.24, 2.45) is 0 Å². The zero-order chi connectivity index (χ0) is 15.3. The van der Waals surface area contributed by atoms with Crippen LogP contribution in [0.15, 0.2) is 47.5 Å². The Bertz CT molecular complexity index is 700. The van der Waals surface area contributed by atoms with E-state index in [2.05, 4.69) is 15.0 Å². The zero-order valence-corrected chi connectivity index (χ0v) is 12.6. The molecule has 0 unspecified atom stereocenters. The van der Waals surface area contributed by atoms with Crippen molar-refractivity contribution in [3.63, 3.8) is 0 Å². The summed E-state index contributed by atoms with van der Waals surface area (Å²) in [7, 11) is -0.549. The lowest BCUT2D eigenvalue weighted by Gasteiger charge is -2.12. The second kappa shape index (κ2) is 6.55. The van der Waals surface area contributed by atoms with E-state index in [-0.39, 0.29) is 4.90 Å². The summed E-state index contributed by atoms with van der Waals surface area (Å²) in [6, 6.07) is 10.4. The minimum Gasteiger partial charge on any atom is -0.481 e. The molecule has 0 aliphatic carbocycles. The van der Waals surface area contributed by atoms with Crippen molar-refractivity contribution < 1.29 is 13.2 Å². The van der Waals surface area contributed by atoms with Crippen molar-refractivity contribution in [3.8, 4) is 5.88 Å².